The number of benzene rings is 3. The van der Waals surface area contributed by atoms with E-state index in [1.165, 1.54) is 12.1 Å². The minimum atomic E-state index is -0.328. The quantitative estimate of drug-likeness (QED) is 0.386. The van der Waals surface area contributed by atoms with E-state index in [1.807, 2.05) is 72.3 Å². The van der Waals surface area contributed by atoms with E-state index in [0.29, 0.717) is 17.3 Å². The molecule has 0 bridgehead atoms. The summed E-state index contributed by atoms with van der Waals surface area (Å²) in [6, 6.07) is 25.6. The number of nitrogens with one attached hydrogen (secondary N) is 2. The molecule has 0 unspecified atom stereocenters. The molecule has 5 rings (SSSR count). The molecular formula is C24H19FN6. The topological polar surface area (TPSA) is 67.7 Å². The van der Waals surface area contributed by atoms with Crippen LogP contribution in [0.5, 0.6) is 0 Å². The Morgan fingerprint density at radius 3 is 2.13 bits per heavy atom. The highest BCUT2D eigenvalue weighted by Crippen LogP contribution is 2.29. The van der Waals surface area contributed by atoms with Crippen LogP contribution in [-0.2, 0) is 0 Å². The molecule has 152 valence electrons. The van der Waals surface area contributed by atoms with Gasteiger partial charge >= 0.3 is 0 Å². The van der Waals surface area contributed by atoms with Crippen LogP contribution in [0.1, 0.15) is 5.69 Å². The predicted molar refractivity (Wildman–Crippen MR) is 121 cm³/mol. The SMILES string of the molecule is Cc1cc(Nc2nc3ccccc3nc2Nc2cccc(F)c2)n(-c2ccccc2)n1. The Morgan fingerprint density at radius 1 is 0.742 bits per heavy atom. The van der Waals surface area contributed by atoms with Crippen molar-refractivity contribution in [1.29, 1.82) is 0 Å². The van der Waals surface area contributed by atoms with Crippen molar-refractivity contribution in [1.82, 2.24) is 19.7 Å². The van der Waals surface area contributed by atoms with Gasteiger partial charge in [0.1, 0.15) is 11.6 Å². The summed E-state index contributed by atoms with van der Waals surface area (Å²) in [5.41, 5.74) is 3.85. The summed E-state index contributed by atoms with van der Waals surface area (Å²) in [6.07, 6.45) is 0. The van der Waals surface area contributed by atoms with Gasteiger partial charge in [0, 0.05) is 11.8 Å². The zero-order valence-electron chi connectivity index (χ0n) is 16.7. The molecular weight excluding hydrogens is 391 g/mol. The molecule has 7 heteroatoms. The van der Waals surface area contributed by atoms with Gasteiger partial charge in [0.05, 0.1) is 22.4 Å². The van der Waals surface area contributed by atoms with Crippen molar-refractivity contribution in [2.24, 2.45) is 0 Å². The fraction of sp³-hybridized carbons (Fsp3) is 0.0417. The molecule has 0 saturated heterocycles. The first-order valence-electron chi connectivity index (χ1n) is 9.84. The molecule has 0 aliphatic rings. The monoisotopic (exact) mass is 410 g/mol. The Morgan fingerprint density at radius 2 is 1.42 bits per heavy atom. The first-order valence-corrected chi connectivity index (χ1v) is 9.84. The second kappa shape index (κ2) is 7.87. The zero-order chi connectivity index (χ0) is 21.2. The van der Waals surface area contributed by atoms with Crippen molar-refractivity contribution < 1.29 is 4.39 Å². The summed E-state index contributed by atoms with van der Waals surface area (Å²) >= 11 is 0. The number of para-hydroxylation sites is 3. The average molecular weight is 410 g/mol. The van der Waals surface area contributed by atoms with Crippen molar-refractivity contribution >= 4 is 34.2 Å². The lowest BCUT2D eigenvalue weighted by molar-refractivity contribution is 0.628. The number of aryl methyl sites for hydroxylation is 1. The number of nitrogens with zero attached hydrogens (tertiary/aromatic N) is 4. The molecule has 0 aliphatic heterocycles. The third kappa shape index (κ3) is 3.93. The highest BCUT2D eigenvalue weighted by atomic mass is 19.1. The van der Waals surface area contributed by atoms with Crippen LogP contribution in [0, 0.1) is 12.7 Å². The van der Waals surface area contributed by atoms with E-state index in [2.05, 4.69) is 15.7 Å². The second-order valence-electron chi connectivity index (χ2n) is 7.09. The van der Waals surface area contributed by atoms with E-state index in [-0.39, 0.29) is 5.82 Å². The Labute approximate surface area is 178 Å². The lowest BCUT2D eigenvalue weighted by Crippen LogP contribution is -2.07. The number of halogens is 1. The maximum absolute atomic E-state index is 13.7. The Balaban J connectivity index is 1.60. The smallest absolute Gasteiger partial charge is 0.175 e. The average Bonchev–Trinajstić information content (AvgIpc) is 3.15. The fourth-order valence-electron chi connectivity index (χ4n) is 3.35. The second-order valence-corrected chi connectivity index (χ2v) is 7.09. The molecule has 2 aromatic heterocycles. The highest BCUT2D eigenvalue weighted by Gasteiger charge is 2.14. The molecule has 0 radical (unpaired) electrons. The van der Waals surface area contributed by atoms with Crippen molar-refractivity contribution in [2.75, 3.05) is 10.6 Å². The van der Waals surface area contributed by atoms with Gasteiger partial charge in [-0.05, 0) is 49.4 Å². The van der Waals surface area contributed by atoms with Crippen LogP contribution >= 0.6 is 0 Å². The third-order valence-electron chi connectivity index (χ3n) is 4.74. The number of fused-ring (bicyclic) bond motifs is 1. The Kier molecular flexibility index (Phi) is 4.76. The summed E-state index contributed by atoms with van der Waals surface area (Å²) < 4.78 is 15.5. The molecule has 0 aliphatic carbocycles. The molecule has 2 heterocycles. The van der Waals surface area contributed by atoms with Crippen LogP contribution in [-0.4, -0.2) is 19.7 Å². The summed E-state index contributed by atoms with van der Waals surface area (Å²) in [7, 11) is 0. The molecule has 0 amide bonds. The van der Waals surface area contributed by atoms with Crippen molar-refractivity contribution in [3.05, 3.63) is 96.4 Å². The van der Waals surface area contributed by atoms with Gasteiger partial charge in [-0.3, -0.25) is 0 Å². The van der Waals surface area contributed by atoms with Crippen LogP contribution in [0.15, 0.2) is 84.9 Å². The number of anilines is 4. The maximum atomic E-state index is 13.7. The fourth-order valence-corrected chi connectivity index (χ4v) is 3.35. The van der Waals surface area contributed by atoms with Gasteiger partial charge in [0.2, 0.25) is 0 Å². The first kappa shape index (κ1) is 18.7. The van der Waals surface area contributed by atoms with Crippen molar-refractivity contribution in [2.45, 2.75) is 6.92 Å². The number of hydrogen-bond acceptors (Lipinski definition) is 5. The van der Waals surface area contributed by atoms with Crippen LogP contribution in [0.25, 0.3) is 16.7 Å². The molecule has 0 spiro atoms. The molecule has 5 aromatic rings. The summed E-state index contributed by atoms with van der Waals surface area (Å²) in [4.78, 5) is 9.48. The van der Waals surface area contributed by atoms with Crippen LogP contribution in [0.4, 0.5) is 27.5 Å². The van der Waals surface area contributed by atoms with E-state index >= 15 is 0 Å². The first-order chi connectivity index (χ1) is 15.2. The van der Waals surface area contributed by atoms with Gasteiger partial charge in [0.15, 0.2) is 11.6 Å². The molecule has 0 saturated carbocycles. The van der Waals surface area contributed by atoms with Gasteiger partial charge in [0.25, 0.3) is 0 Å². The van der Waals surface area contributed by atoms with Gasteiger partial charge in [-0.2, -0.15) is 5.10 Å². The van der Waals surface area contributed by atoms with Gasteiger partial charge < -0.3 is 10.6 Å². The van der Waals surface area contributed by atoms with Gasteiger partial charge in [-0.15, -0.1) is 0 Å². The summed E-state index contributed by atoms with van der Waals surface area (Å²) in [6.45, 7) is 1.93. The number of aromatic nitrogens is 4. The molecule has 0 atom stereocenters. The molecule has 0 fully saturated rings. The Bertz CT molecular complexity index is 1360. The summed E-state index contributed by atoms with van der Waals surface area (Å²) in [5, 5.41) is 11.1. The van der Waals surface area contributed by atoms with Crippen molar-refractivity contribution in [3.63, 3.8) is 0 Å². The molecule has 2 N–H and O–H groups in total. The third-order valence-corrected chi connectivity index (χ3v) is 4.74. The van der Waals surface area contributed by atoms with Gasteiger partial charge in [-0.25, -0.2) is 19.0 Å². The standard InChI is InChI=1S/C24H19FN6/c1-16-14-22(31(30-16)19-10-3-2-4-11-19)29-24-23(26-18-9-7-8-17(25)15-18)27-20-12-5-6-13-21(20)28-24/h2-15H,1H3,(H,26,27)(H,28,29). The van der Waals surface area contributed by atoms with E-state index in [0.717, 1.165) is 28.2 Å². The van der Waals surface area contributed by atoms with Crippen LogP contribution in [0.3, 0.4) is 0 Å². The zero-order valence-corrected chi connectivity index (χ0v) is 16.7. The van der Waals surface area contributed by atoms with E-state index < -0.39 is 0 Å². The van der Waals surface area contributed by atoms with Crippen LogP contribution in [0.2, 0.25) is 0 Å². The largest absolute Gasteiger partial charge is 0.337 e. The number of rotatable bonds is 5. The number of hydrogen-bond donors (Lipinski definition) is 2. The maximum Gasteiger partial charge on any atom is 0.175 e. The van der Waals surface area contributed by atoms with E-state index in [1.54, 1.807) is 12.1 Å². The van der Waals surface area contributed by atoms with E-state index in [9.17, 15) is 4.39 Å². The minimum absolute atomic E-state index is 0.328. The van der Waals surface area contributed by atoms with E-state index in [4.69, 9.17) is 9.97 Å². The Hall–Kier alpha value is -4.26. The molecule has 31 heavy (non-hydrogen) atoms. The predicted octanol–water partition coefficient (Wildman–Crippen LogP) is 5.75. The lowest BCUT2D eigenvalue weighted by atomic mass is 10.3. The highest BCUT2D eigenvalue weighted by molar-refractivity contribution is 5.83. The van der Waals surface area contributed by atoms with Crippen molar-refractivity contribution in [3.8, 4) is 5.69 Å². The molecule has 6 nitrogen and oxygen atoms in total. The van der Waals surface area contributed by atoms with Crippen LogP contribution < -0.4 is 10.6 Å². The van der Waals surface area contributed by atoms with Gasteiger partial charge in [-0.1, -0.05) is 36.4 Å². The minimum Gasteiger partial charge on any atom is -0.337 e. The lowest BCUT2D eigenvalue weighted by Gasteiger charge is -2.14. The summed E-state index contributed by atoms with van der Waals surface area (Å²) in [5.74, 6) is 1.42. The molecule has 3 aromatic carbocycles. The normalized spacial score (nSPS) is 10.9.